The maximum Gasteiger partial charge on any atom is 0.254 e. The Labute approximate surface area is 113 Å². The van der Waals surface area contributed by atoms with Crippen molar-refractivity contribution in [3.05, 3.63) is 53.9 Å². The van der Waals surface area contributed by atoms with Crippen molar-refractivity contribution in [3.63, 3.8) is 0 Å². The molecule has 1 aromatic carbocycles. The van der Waals surface area contributed by atoms with Gasteiger partial charge < -0.3 is 4.90 Å². The Morgan fingerprint density at radius 1 is 1.21 bits per heavy atom. The van der Waals surface area contributed by atoms with Gasteiger partial charge in [0, 0.05) is 18.7 Å². The van der Waals surface area contributed by atoms with Gasteiger partial charge in [-0.15, -0.1) is 0 Å². The number of rotatable bonds is 3. The molecule has 0 aliphatic carbocycles. The van der Waals surface area contributed by atoms with Crippen molar-refractivity contribution in [2.24, 2.45) is 0 Å². The smallest absolute Gasteiger partial charge is 0.254 e. The van der Waals surface area contributed by atoms with Crippen molar-refractivity contribution in [1.82, 2.24) is 4.90 Å². The van der Waals surface area contributed by atoms with Crippen molar-refractivity contribution in [2.45, 2.75) is 19.8 Å². The number of likely N-dealkylation sites (tertiary alicyclic amines) is 1. The normalized spacial score (nSPS) is 16.3. The standard InChI is InChI=1S/C16H18FNO/c1-2-3-6-15(13-7-9-14(17)10-8-13)16(19)18-11-4-5-12-18/h2-3,6-10H,4-5,11-12H2,1H3/b3-2+,15-6-. The highest BCUT2D eigenvalue weighted by Gasteiger charge is 2.22. The van der Waals surface area contributed by atoms with Gasteiger partial charge in [0.05, 0.1) is 0 Å². The minimum atomic E-state index is -0.289. The van der Waals surface area contributed by atoms with Crippen molar-refractivity contribution >= 4 is 11.5 Å². The molecule has 1 aliphatic rings. The molecule has 0 unspecified atom stereocenters. The van der Waals surface area contributed by atoms with E-state index in [0.717, 1.165) is 31.5 Å². The monoisotopic (exact) mass is 259 g/mol. The number of halogens is 1. The van der Waals surface area contributed by atoms with Crippen LogP contribution in [0.3, 0.4) is 0 Å². The second kappa shape index (κ2) is 6.32. The first kappa shape index (κ1) is 13.5. The van der Waals surface area contributed by atoms with Crippen LogP contribution in [0.4, 0.5) is 4.39 Å². The van der Waals surface area contributed by atoms with E-state index < -0.39 is 0 Å². The van der Waals surface area contributed by atoms with Crippen molar-refractivity contribution in [2.75, 3.05) is 13.1 Å². The van der Waals surface area contributed by atoms with Gasteiger partial charge in [-0.1, -0.05) is 24.3 Å². The van der Waals surface area contributed by atoms with E-state index in [1.807, 2.05) is 24.0 Å². The molecule has 1 amide bonds. The summed E-state index contributed by atoms with van der Waals surface area (Å²) >= 11 is 0. The third-order valence-electron chi connectivity index (χ3n) is 3.23. The minimum absolute atomic E-state index is 0.0298. The number of amides is 1. The quantitative estimate of drug-likeness (QED) is 0.601. The molecule has 0 aromatic heterocycles. The predicted molar refractivity (Wildman–Crippen MR) is 75.0 cm³/mol. The van der Waals surface area contributed by atoms with E-state index in [4.69, 9.17) is 0 Å². The van der Waals surface area contributed by atoms with Crippen molar-refractivity contribution in [3.8, 4) is 0 Å². The van der Waals surface area contributed by atoms with Gasteiger partial charge >= 0.3 is 0 Å². The number of hydrogen-bond acceptors (Lipinski definition) is 1. The number of benzene rings is 1. The highest BCUT2D eigenvalue weighted by Crippen LogP contribution is 2.21. The summed E-state index contributed by atoms with van der Waals surface area (Å²) in [6, 6.07) is 6.07. The van der Waals surface area contributed by atoms with Crippen LogP contribution in [0.25, 0.3) is 5.57 Å². The molecular weight excluding hydrogens is 241 g/mol. The summed E-state index contributed by atoms with van der Waals surface area (Å²) < 4.78 is 13.0. The number of allylic oxidation sites excluding steroid dienone is 3. The van der Waals surface area contributed by atoms with E-state index in [9.17, 15) is 9.18 Å². The van der Waals surface area contributed by atoms with Crippen molar-refractivity contribution < 1.29 is 9.18 Å². The van der Waals surface area contributed by atoms with Gasteiger partial charge in [0.25, 0.3) is 5.91 Å². The first-order chi connectivity index (χ1) is 9.22. The summed E-state index contributed by atoms with van der Waals surface area (Å²) in [5.74, 6) is -0.259. The molecule has 1 saturated heterocycles. The van der Waals surface area contributed by atoms with Gasteiger partial charge in [0.1, 0.15) is 5.82 Å². The molecule has 100 valence electrons. The van der Waals surface area contributed by atoms with Crippen LogP contribution in [0.2, 0.25) is 0 Å². The Hall–Kier alpha value is -1.90. The number of nitrogens with zero attached hydrogens (tertiary/aromatic N) is 1. The lowest BCUT2D eigenvalue weighted by Gasteiger charge is -2.17. The molecule has 1 aliphatic heterocycles. The second-order valence-electron chi connectivity index (χ2n) is 4.61. The van der Waals surface area contributed by atoms with Gasteiger partial charge in [-0.2, -0.15) is 0 Å². The molecule has 1 heterocycles. The molecule has 0 bridgehead atoms. The fourth-order valence-electron chi connectivity index (χ4n) is 2.20. The van der Waals surface area contributed by atoms with E-state index in [0.29, 0.717) is 5.57 Å². The molecule has 0 atom stereocenters. The zero-order chi connectivity index (χ0) is 13.7. The first-order valence-corrected chi connectivity index (χ1v) is 6.60. The third kappa shape index (κ3) is 3.31. The van der Waals surface area contributed by atoms with Crippen LogP contribution in [0.5, 0.6) is 0 Å². The van der Waals surface area contributed by atoms with Crippen LogP contribution in [-0.4, -0.2) is 23.9 Å². The summed E-state index contributed by atoms with van der Waals surface area (Å²) in [5.41, 5.74) is 1.39. The van der Waals surface area contributed by atoms with Crippen LogP contribution in [-0.2, 0) is 4.79 Å². The summed E-state index contributed by atoms with van der Waals surface area (Å²) in [4.78, 5) is 14.3. The minimum Gasteiger partial charge on any atom is -0.339 e. The Kier molecular flexibility index (Phi) is 4.50. The SMILES string of the molecule is C/C=C/C=C(\C(=O)N1CCCC1)c1ccc(F)cc1. The summed E-state index contributed by atoms with van der Waals surface area (Å²) in [6.07, 6.45) is 7.64. The molecule has 2 rings (SSSR count). The molecule has 0 N–H and O–H groups in total. The largest absolute Gasteiger partial charge is 0.339 e. The highest BCUT2D eigenvalue weighted by molar-refractivity contribution is 6.19. The molecule has 0 spiro atoms. The molecule has 1 aromatic rings. The maximum atomic E-state index is 13.0. The van der Waals surface area contributed by atoms with E-state index in [2.05, 4.69) is 0 Å². The zero-order valence-electron chi connectivity index (χ0n) is 11.1. The Bertz CT molecular complexity index is 496. The highest BCUT2D eigenvalue weighted by atomic mass is 19.1. The van der Waals surface area contributed by atoms with Crippen LogP contribution in [0, 0.1) is 5.82 Å². The molecule has 0 radical (unpaired) electrons. The number of hydrogen-bond donors (Lipinski definition) is 0. The second-order valence-corrected chi connectivity index (χ2v) is 4.61. The molecule has 3 heteroatoms. The number of carbonyl (C=O) groups excluding carboxylic acids is 1. The van der Waals surface area contributed by atoms with Gasteiger partial charge in [-0.3, -0.25) is 4.79 Å². The fraction of sp³-hybridized carbons (Fsp3) is 0.312. The molecule has 1 fully saturated rings. The zero-order valence-corrected chi connectivity index (χ0v) is 11.1. The van der Waals surface area contributed by atoms with Crippen LogP contribution >= 0.6 is 0 Å². The average molecular weight is 259 g/mol. The van der Waals surface area contributed by atoms with Gasteiger partial charge in [-0.05, 0) is 43.5 Å². The lowest BCUT2D eigenvalue weighted by molar-refractivity contribution is -0.124. The average Bonchev–Trinajstić information content (AvgIpc) is 2.95. The first-order valence-electron chi connectivity index (χ1n) is 6.60. The van der Waals surface area contributed by atoms with Gasteiger partial charge in [0.2, 0.25) is 0 Å². The predicted octanol–water partition coefficient (Wildman–Crippen LogP) is 3.41. The van der Waals surface area contributed by atoms with Crippen molar-refractivity contribution in [1.29, 1.82) is 0 Å². The molecule has 0 saturated carbocycles. The Morgan fingerprint density at radius 2 is 1.84 bits per heavy atom. The number of carbonyl (C=O) groups is 1. The fourth-order valence-corrected chi connectivity index (χ4v) is 2.20. The van der Waals surface area contributed by atoms with E-state index in [1.54, 1.807) is 18.2 Å². The Balaban J connectivity index is 2.30. The lowest BCUT2D eigenvalue weighted by Crippen LogP contribution is -2.28. The summed E-state index contributed by atoms with van der Waals surface area (Å²) in [7, 11) is 0. The summed E-state index contributed by atoms with van der Waals surface area (Å²) in [6.45, 7) is 3.53. The van der Waals surface area contributed by atoms with Crippen LogP contribution in [0.15, 0.2) is 42.5 Å². The van der Waals surface area contributed by atoms with E-state index in [-0.39, 0.29) is 11.7 Å². The summed E-state index contributed by atoms with van der Waals surface area (Å²) in [5, 5.41) is 0. The Morgan fingerprint density at radius 3 is 2.42 bits per heavy atom. The van der Waals surface area contributed by atoms with Crippen LogP contribution in [0.1, 0.15) is 25.3 Å². The van der Waals surface area contributed by atoms with Crippen LogP contribution < -0.4 is 0 Å². The maximum absolute atomic E-state index is 13.0. The van der Waals surface area contributed by atoms with Gasteiger partial charge in [0.15, 0.2) is 0 Å². The third-order valence-corrected chi connectivity index (χ3v) is 3.23. The topological polar surface area (TPSA) is 20.3 Å². The molecular formula is C16H18FNO. The molecule has 19 heavy (non-hydrogen) atoms. The molecule has 2 nitrogen and oxygen atoms in total. The van der Waals surface area contributed by atoms with E-state index in [1.165, 1.54) is 12.1 Å². The lowest BCUT2D eigenvalue weighted by atomic mass is 10.0. The van der Waals surface area contributed by atoms with E-state index >= 15 is 0 Å². The van der Waals surface area contributed by atoms with Gasteiger partial charge in [-0.25, -0.2) is 4.39 Å².